The monoisotopic (exact) mass is 428 g/mol. The van der Waals surface area contributed by atoms with Crippen molar-refractivity contribution >= 4 is 34.3 Å². The number of carboxylic acid groups (broad SMARTS) is 1. The van der Waals surface area contributed by atoms with Gasteiger partial charge in [-0.05, 0) is 47.5 Å². The van der Waals surface area contributed by atoms with E-state index in [1.807, 2.05) is 18.2 Å². The SMILES string of the molecule is O=C(Nc1cccc(CNc2ncnc3c(C(=O)O)cccc23)c1)c1ccc(CO)cc1. The first-order valence-corrected chi connectivity index (χ1v) is 9.86. The van der Waals surface area contributed by atoms with Gasteiger partial charge >= 0.3 is 5.97 Å². The number of anilines is 2. The van der Waals surface area contributed by atoms with Crippen molar-refractivity contribution in [1.82, 2.24) is 9.97 Å². The molecule has 3 aromatic carbocycles. The van der Waals surface area contributed by atoms with Gasteiger partial charge < -0.3 is 20.8 Å². The van der Waals surface area contributed by atoms with E-state index in [1.165, 1.54) is 12.4 Å². The fraction of sp³-hybridized carbons (Fsp3) is 0.0833. The summed E-state index contributed by atoms with van der Waals surface area (Å²) in [4.78, 5) is 32.3. The Bertz CT molecular complexity index is 1290. The smallest absolute Gasteiger partial charge is 0.337 e. The number of hydrogen-bond donors (Lipinski definition) is 4. The molecule has 4 N–H and O–H groups in total. The molecule has 0 bridgehead atoms. The predicted octanol–water partition coefficient (Wildman–Crippen LogP) is 3.68. The zero-order chi connectivity index (χ0) is 22.5. The first-order chi connectivity index (χ1) is 15.5. The van der Waals surface area contributed by atoms with E-state index in [2.05, 4.69) is 20.6 Å². The zero-order valence-electron chi connectivity index (χ0n) is 16.9. The number of nitrogens with one attached hydrogen (secondary N) is 2. The van der Waals surface area contributed by atoms with Crippen LogP contribution in [0.3, 0.4) is 0 Å². The molecule has 1 aromatic heterocycles. The van der Waals surface area contributed by atoms with Gasteiger partial charge in [-0.15, -0.1) is 0 Å². The van der Waals surface area contributed by atoms with Crippen molar-refractivity contribution in [2.24, 2.45) is 0 Å². The molecule has 0 aliphatic rings. The number of aliphatic hydroxyl groups is 1. The van der Waals surface area contributed by atoms with E-state index < -0.39 is 5.97 Å². The molecule has 0 saturated carbocycles. The number of benzene rings is 3. The van der Waals surface area contributed by atoms with Crippen LogP contribution < -0.4 is 10.6 Å². The fourth-order valence-corrected chi connectivity index (χ4v) is 3.31. The number of hydrogen-bond acceptors (Lipinski definition) is 6. The van der Waals surface area contributed by atoms with E-state index in [4.69, 9.17) is 5.11 Å². The Morgan fingerprint density at radius 3 is 2.44 bits per heavy atom. The number of nitrogens with zero attached hydrogens (tertiary/aromatic N) is 2. The first-order valence-electron chi connectivity index (χ1n) is 9.86. The Morgan fingerprint density at radius 1 is 0.906 bits per heavy atom. The topological polar surface area (TPSA) is 124 Å². The number of para-hydroxylation sites is 1. The highest BCUT2D eigenvalue weighted by Crippen LogP contribution is 2.23. The van der Waals surface area contributed by atoms with Crippen LogP contribution in [0.5, 0.6) is 0 Å². The van der Waals surface area contributed by atoms with E-state index in [-0.39, 0.29) is 18.1 Å². The number of rotatable bonds is 7. The van der Waals surface area contributed by atoms with Crippen molar-refractivity contribution in [3.8, 4) is 0 Å². The molecule has 32 heavy (non-hydrogen) atoms. The van der Waals surface area contributed by atoms with Gasteiger partial charge in [-0.1, -0.05) is 30.3 Å². The van der Waals surface area contributed by atoms with Crippen LogP contribution in [0.2, 0.25) is 0 Å². The Hall–Kier alpha value is -4.30. The summed E-state index contributed by atoms with van der Waals surface area (Å²) in [6.45, 7) is 0.342. The van der Waals surface area contributed by atoms with Crippen LogP contribution in [0.15, 0.2) is 73.1 Å². The summed E-state index contributed by atoms with van der Waals surface area (Å²) < 4.78 is 0. The van der Waals surface area contributed by atoms with Crippen molar-refractivity contribution in [1.29, 1.82) is 0 Å². The van der Waals surface area contributed by atoms with Gasteiger partial charge in [0.05, 0.1) is 17.7 Å². The summed E-state index contributed by atoms with van der Waals surface area (Å²) >= 11 is 0. The second-order valence-corrected chi connectivity index (χ2v) is 7.09. The molecule has 0 unspecified atom stereocenters. The summed E-state index contributed by atoms with van der Waals surface area (Å²) in [7, 11) is 0. The van der Waals surface area contributed by atoms with Crippen molar-refractivity contribution in [3.05, 3.63) is 95.3 Å². The number of fused-ring (bicyclic) bond motifs is 1. The normalized spacial score (nSPS) is 10.7. The van der Waals surface area contributed by atoms with Gasteiger partial charge in [0.25, 0.3) is 5.91 Å². The third-order valence-corrected chi connectivity index (χ3v) is 4.94. The average molecular weight is 428 g/mol. The van der Waals surface area contributed by atoms with Crippen LogP contribution in [0.25, 0.3) is 10.9 Å². The van der Waals surface area contributed by atoms with Gasteiger partial charge in [0.2, 0.25) is 0 Å². The number of aromatic nitrogens is 2. The zero-order valence-corrected chi connectivity index (χ0v) is 16.9. The van der Waals surface area contributed by atoms with Crippen LogP contribution in [-0.2, 0) is 13.2 Å². The van der Waals surface area contributed by atoms with E-state index in [9.17, 15) is 14.7 Å². The van der Waals surface area contributed by atoms with E-state index in [1.54, 1.807) is 42.5 Å². The minimum atomic E-state index is -1.05. The van der Waals surface area contributed by atoms with Crippen LogP contribution in [-0.4, -0.2) is 32.1 Å². The number of carboxylic acids is 1. The molecule has 0 atom stereocenters. The molecule has 0 spiro atoms. The van der Waals surface area contributed by atoms with Crippen LogP contribution in [0.4, 0.5) is 11.5 Å². The van der Waals surface area contributed by atoms with Gasteiger partial charge in [-0.25, -0.2) is 14.8 Å². The molecule has 0 saturated heterocycles. The predicted molar refractivity (Wildman–Crippen MR) is 121 cm³/mol. The molecule has 1 amide bonds. The number of carbonyl (C=O) groups excluding carboxylic acids is 1. The van der Waals surface area contributed by atoms with Crippen molar-refractivity contribution < 1.29 is 19.8 Å². The lowest BCUT2D eigenvalue weighted by Gasteiger charge is -2.11. The highest BCUT2D eigenvalue weighted by Gasteiger charge is 2.12. The van der Waals surface area contributed by atoms with E-state index in [0.29, 0.717) is 34.5 Å². The third kappa shape index (κ3) is 4.55. The van der Waals surface area contributed by atoms with Gasteiger partial charge in [0.15, 0.2) is 0 Å². The maximum Gasteiger partial charge on any atom is 0.337 e. The molecule has 1 heterocycles. The second kappa shape index (κ2) is 9.23. The van der Waals surface area contributed by atoms with Crippen molar-refractivity contribution in [3.63, 3.8) is 0 Å². The maximum atomic E-state index is 12.5. The molecule has 0 aliphatic carbocycles. The average Bonchev–Trinajstić information content (AvgIpc) is 2.82. The number of amides is 1. The van der Waals surface area contributed by atoms with Crippen molar-refractivity contribution in [2.75, 3.05) is 10.6 Å². The Morgan fingerprint density at radius 2 is 1.69 bits per heavy atom. The minimum absolute atomic E-state index is 0.0732. The molecular formula is C24H20N4O4. The van der Waals surface area contributed by atoms with Gasteiger partial charge in [0, 0.05) is 23.2 Å². The standard InChI is InChI=1S/C24H20N4O4/c29-13-15-7-9-17(10-8-15)23(30)28-18-4-1-3-16(11-18)12-25-22-19-5-2-6-20(24(31)32)21(19)26-14-27-22/h1-11,14,29H,12-13H2,(H,28,30)(H,31,32)(H,25,26,27). The molecule has 4 rings (SSSR count). The number of aromatic carboxylic acids is 1. The third-order valence-electron chi connectivity index (χ3n) is 4.94. The lowest BCUT2D eigenvalue weighted by atomic mass is 10.1. The van der Waals surface area contributed by atoms with Crippen LogP contribution in [0.1, 0.15) is 31.8 Å². The molecule has 8 heteroatoms. The lowest BCUT2D eigenvalue weighted by Crippen LogP contribution is -2.12. The Labute approximate surface area is 183 Å². The minimum Gasteiger partial charge on any atom is -0.478 e. The molecular weight excluding hydrogens is 408 g/mol. The number of aliphatic hydroxyl groups excluding tert-OH is 1. The van der Waals surface area contributed by atoms with Crippen LogP contribution in [0, 0.1) is 0 Å². The second-order valence-electron chi connectivity index (χ2n) is 7.09. The van der Waals surface area contributed by atoms with Gasteiger partial charge in [-0.2, -0.15) is 0 Å². The molecule has 0 fully saturated rings. The molecule has 0 radical (unpaired) electrons. The molecule has 4 aromatic rings. The highest BCUT2D eigenvalue weighted by atomic mass is 16.4. The summed E-state index contributed by atoms with van der Waals surface area (Å²) in [5.41, 5.74) is 3.26. The number of carbonyl (C=O) groups is 2. The lowest BCUT2D eigenvalue weighted by molar-refractivity contribution is 0.0698. The Kier molecular flexibility index (Phi) is 6.05. The quantitative estimate of drug-likeness (QED) is 0.354. The van der Waals surface area contributed by atoms with Gasteiger partial charge in [-0.3, -0.25) is 4.79 Å². The fourth-order valence-electron chi connectivity index (χ4n) is 3.31. The summed E-state index contributed by atoms with van der Waals surface area (Å²) in [6, 6.07) is 19.1. The van der Waals surface area contributed by atoms with Crippen molar-refractivity contribution in [2.45, 2.75) is 13.2 Å². The molecule has 8 nitrogen and oxygen atoms in total. The molecule has 160 valence electrons. The summed E-state index contributed by atoms with van der Waals surface area (Å²) in [5.74, 6) is -0.770. The largest absolute Gasteiger partial charge is 0.478 e. The highest BCUT2D eigenvalue weighted by molar-refractivity contribution is 6.05. The van der Waals surface area contributed by atoms with Crippen LogP contribution >= 0.6 is 0 Å². The summed E-state index contributed by atoms with van der Waals surface area (Å²) in [5, 5.41) is 25.2. The maximum absolute atomic E-state index is 12.5. The van der Waals surface area contributed by atoms with E-state index >= 15 is 0 Å². The van der Waals surface area contributed by atoms with E-state index in [0.717, 1.165) is 11.1 Å². The van der Waals surface area contributed by atoms with Gasteiger partial charge in [0.1, 0.15) is 12.1 Å². The Balaban J connectivity index is 1.48. The first kappa shape index (κ1) is 21.0. The molecule has 0 aliphatic heterocycles. The summed E-state index contributed by atoms with van der Waals surface area (Å²) in [6.07, 6.45) is 1.33.